The first-order chi connectivity index (χ1) is 8.47. The third-order valence-electron chi connectivity index (χ3n) is 2.86. The molecule has 4 nitrogen and oxygen atoms in total. The predicted octanol–water partition coefficient (Wildman–Crippen LogP) is 2.56. The van der Waals surface area contributed by atoms with Gasteiger partial charge in [-0.25, -0.2) is 0 Å². The Bertz CT molecular complexity index is 530. The number of benzene rings is 1. The van der Waals surface area contributed by atoms with E-state index in [1.807, 2.05) is 0 Å². The Morgan fingerprint density at radius 3 is 2.50 bits per heavy atom. The van der Waals surface area contributed by atoms with Crippen molar-refractivity contribution >= 4 is 40.6 Å². The first-order valence-electron chi connectivity index (χ1n) is 5.34. The summed E-state index contributed by atoms with van der Waals surface area (Å²) in [5, 5.41) is 0.567. The highest BCUT2D eigenvalue weighted by molar-refractivity contribution is 6.57. The molecule has 96 valence electrons. The number of hydrogen-bond donors (Lipinski definition) is 0. The Kier molecular flexibility index (Phi) is 3.61. The van der Waals surface area contributed by atoms with Crippen LogP contribution in [0.5, 0.6) is 0 Å². The molecule has 0 saturated carbocycles. The highest BCUT2D eigenvalue weighted by Gasteiger charge is 2.39. The van der Waals surface area contributed by atoms with E-state index in [1.54, 1.807) is 13.0 Å². The number of fused-ring (bicyclic) bond motifs is 1. The van der Waals surface area contributed by atoms with Crippen molar-refractivity contribution in [3.05, 3.63) is 27.7 Å². The van der Waals surface area contributed by atoms with Crippen LogP contribution in [-0.4, -0.2) is 31.4 Å². The van der Waals surface area contributed by atoms with Crippen LogP contribution in [-0.2, 0) is 9.53 Å². The number of hydrogen-bond acceptors (Lipinski definition) is 3. The minimum Gasteiger partial charge on any atom is -0.380 e. The number of anilines is 1. The van der Waals surface area contributed by atoms with Crippen molar-refractivity contribution in [2.24, 2.45) is 0 Å². The molecule has 0 fully saturated rings. The normalized spacial score (nSPS) is 16.1. The molecule has 0 saturated heterocycles. The van der Waals surface area contributed by atoms with Crippen LogP contribution < -0.4 is 4.90 Å². The molecule has 1 aliphatic rings. The molecule has 1 aromatic carbocycles. The Morgan fingerprint density at radius 2 is 1.89 bits per heavy atom. The molecule has 1 unspecified atom stereocenters. The fourth-order valence-electron chi connectivity index (χ4n) is 1.86. The van der Waals surface area contributed by atoms with Gasteiger partial charge in [-0.15, -0.1) is 0 Å². The van der Waals surface area contributed by atoms with Crippen molar-refractivity contribution in [3.8, 4) is 0 Å². The number of ketones is 1. The molecule has 6 heteroatoms. The zero-order valence-electron chi connectivity index (χ0n) is 9.87. The summed E-state index contributed by atoms with van der Waals surface area (Å²) in [5.74, 6) is -1.25. The second-order valence-corrected chi connectivity index (χ2v) is 4.86. The SMILES string of the molecule is COC(C)CN1C(=O)C(=O)c2c(Cl)ccc(Cl)c21. The van der Waals surface area contributed by atoms with E-state index in [0.29, 0.717) is 10.7 Å². The van der Waals surface area contributed by atoms with Gasteiger partial charge in [0.25, 0.3) is 11.7 Å². The first kappa shape index (κ1) is 13.3. The average Bonchev–Trinajstić information content (AvgIpc) is 2.60. The molecule has 0 radical (unpaired) electrons. The van der Waals surface area contributed by atoms with E-state index in [1.165, 1.54) is 18.1 Å². The fraction of sp³-hybridized carbons (Fsp3) is 0.333. The molecular formula is C12H11Cl2NO3. The number of carbonyl (C=O) groups is 2. The largest absolute Gasteiger partial charge is 0.380 e. The van der Waals surface area contributed by atoms with Crippen LogP contribution in [0.25, 0.3) is 0 Å². The van der Waals surface area contributed by atoms with E-state index < -0.39 is 11.7 Å². The Morgan fingerprint density at radius 1 is 1.28 bits per heavy atom. The molecule has 0 aliphatic carbocycles. The highest BCUT2D eigenvalue weighted by atomic mass is 35.5. The molecule has 0 aromatic heterocycles. The Hall–Kier alpha value is -1.10. The van der Waals surface area contributed by atoms with Gasteiger partial charge >= 0.3 is 0 Å². The van der Waals surface area contributed by atoms with Crippen LogP contribution in [0, 0.1) is 0 Å². The minimum atomic E-state index is -0.624. The van der Waals surface area contributed by atoms with Gasteiger partial charge in [0.15, 0.2) is 0 Å². The summed E-state index contributed by atoms with van der Waals surface area (Å²) in [6.45, 7) is 2.06. The Balaban J connectivity index is 2.51. The van der Waals surface area contributed by atoms with E-state index in [4.69, 9.17) is 27.9 Å². The molecule has 18 heavy (non-hydrogen) atoms. The van der Waals surface area contributed by atoms with Gasteiger partial charge in [0, 0.05) is 7.11 Å². The number of Topliss-reactive ketones (excluding diaryl/α,β-unsaturated/α-hetero) is 1. The van der Waals surface area contributed by atoms with Crippen LogP contribution in [0.15, 0.2) is 12.1 Å². The monoisotopic (exact) mass is 287 g/mol. The van der Waals surface area contributed by atoms with Gasteiger partial charge in [-0.2, -0.15) is 0 Å². The second-order valence-electron chi connectivity index (χ2n) is 4.04. The highest BCUT2D eigenvalue weighted by Crippen LogP contribution is 2.39. The maximum absolute atomic E-state index is 11.9. The molecule has 0 bridgehead atoms. The summed E-state index contributed by atoms with van der Waals surface area (Å²) in [6, 6.07) is 3.08. The summed E-state index contributed by atoms with van der Waals surface area (Å²) in [5.41, 5.74) is 0.556. The molecule has 0 N–H and O–H groups in total. The number of halogens is 2. The number of methoxy groups -OCH3 is 1. The van der Waals surface area contributed by atoms with Crippen LogP contribution >= 0.6 is 23.2 Å². The van der Waals surface area contributed by atoms with Gasteiger partial charge in [-0.05, 0) is 19.1 Å². The Labute approximate surface area is 114 Å². The van der Waals surface area contributed by atoms with Crippen molar-refractivity contribution in [1.82, 2.24) is 0 Å². The molecule has 1 atom stereocenters. The lowest BCUT2D eigenvalue weighted by Gasteiger charge is -2.21. The summed E-state index contributed by atoms with van der Waals surface area (Å²) >= 11 is 12.0. The standard InChI is InChI=1S/C12H11Cl2NO3/c1-6(18-2)5-15-10-8(14)4-3-7(13)9(10)11(16)12(15)17/h3-4,6H,5H2,1-2H3. The lowest BCUT2D eigenvalue weighted by atomic mass is 10.1. The second kappa shape index (κ2) is 4.88. The maximum Gasteiger partial charge on any atom is 0.299 e. The third kappa shape index (κ3) is 2.00. The van der Waals surface area contributed by atoms with E-state index in [2.05, 4.69) is 0 Å². The van der Waals surface area contributed by atoms with Crippen LogP contribution in [0.1, 0.15) is 17.3 Å². The summed E-state index contributed by atoms with van der Waals surface area (Å²) in [6.07, 6.45) is -0.206. The number of nitrogens with zero attached hydrogens (tertiary/aromatic N) is 1. The van der Waals surface area contributed by atoms with E-state index in [9.17, 15) is 9.59 Å². The molecule has 1 heterocycles. The molecule has 1 aromatic rings. The molecule has 0 spiro atoms. The van der Waals surface area contributed by atoms with E-state index in [0.717, 1.165) is 0 Å². The smallest absolute Gasteiger partial charge is 0.299 e. The number of amides is 1. The quantitative estimate of drug-likeness (QED) is 0.803. The van der Waals surface area contributed by atoms with Crippen molar-refractivity contribution in [3.63, 3.8) is 0 Å². The number of carbonyl (C=O) groups excluding carboxylic acids is 2. The van der Waals surface area contributed by atoms with Crippen LogP contribution in [0.4, 0.5) is 5.69 Å². The maximum atomic E-state index is 11.9. The topological polar surface area (TPSA) is 46.6 Å². The van der Waals surface area contributed by atoms with E-state index >= 15 is 0 Å². The lowest BCUT2D eigenvalue weighted by Crippen LogP contribution is -2.36. The lowest BCUT2D eigenvalue weighted by molar-refractivity contribution is -0.114. The van der Waals surface area contributed by atoms with Crippen molar-refractivity contribution in [2.45, 2.75) is 13.0 Å². The summed E-state index contributed by atoms with van der Waals surface area (Å²) in [7, 11) is 1.54. The van der Waals surface area contributed by atoms with Gasteiger partial charge in [-0.3, -0.25) is 9.59 Å². The first-order valence-corrected chi connectivity index (χ1v) is 6.10. The van der Waals surface area contributed by atoms with Gasteiger partial charge < -0.3 is 9.64 Å². The van der Waals surface area contributed by atoms with Crippen molar-refractivity contribution in [1.29, 1.82) is 0 Å². The van der Waals surface area contributed by atoms with Crippen LogP contribution in [0.2, 0.25) is 10.0 Å². The molecule has 2 rings (SSSR count). The number of ether oxygens (including phenoxy) is 1. The third-order valence-corrected chi connectivity index (χ3v) is 3.48. The predicted molar refractivity (Wildman–Crippen MR) is 69.6 cm³/mol. The zero-order valence-corrected chi connectivity index (χ0v) is 11.4. The van der Waals surface area contributed by atoms with Crippen molar-refractivity contribution < 1.29 is 14.3 Å². The zero-order chi connectivity index (χ0) is 13.4. The van der Waals surface area contributed by atoms with E-state index in [-0.39, 0.29) is 23.2 Å². The average molecular weight is 288 g/mol. The van der Waals surface area contributed by atoms with Gasteiger partial charge in [0.1, 0.15) is 0 Å². The fourth-order valence-corrected chi connectivity index (χ4v) is 2.36. The molecular weight excluding hydrogens is 277 g/mol. The van der Waals surface area contributed by atoms with Gasteiger partial charge in [0.2, 0.25) is 0 Å². The number of rotatable bonds is 3. The minimum absolute atomic E-state index is 0.178. The van der Waals surface area contributed by atoms with Crippen LogP contribution in [0.3, 0.4) is 0 Å². The van der Waals surface area contributed by atoms with Gasteiger partial charge in [0.05, 0.1) is 33.9 Å². The van der Waals surface area contributed by atoms with Gasteiger partial charge in [-0.1, -0.05) is 23.2 Å². The summed E-state index contributed by atoms with van der Waals surface area (Å²) < 4.78 is 5.10. The molecule has 1 amide bonds. The van der Waals surface area contributed by atoms with Crippen molar-refractivity contribution in [2.75, 3.05) is 18.6 Å². The summed E-state index contributed by atoms with van der Waals surface area (Å²) in [4.78, 5) is 25.1. The molecule has 1 aliphatic heterocycles.